The molecule has 2 rings (SSSR count). The van der Waals surface area contributed by atoms with Crippen molar-refractivity contribution in [2.24, 2.45) is 5.73 Å². The van der Waals surface area contributed by atoms with E-state index in [4.69, 9.17) is 5.73 Å². The molecule has 2 aromatic heterocycles. The van der Waals surface area contributed by atoms with Gasteiger partial charge in [-0.25, -0.2) is 0 Å². The number of H-pyrrole nitrogens is 1. The molecule has 0 aliphatic heterocycles. The number of aromatic amines is 1. The zero-order valence-corrected chi connectivity index (χ0v) is 10.5. The Morgan fingerprint density at radius 3 is 2.94 bits per heavy atom. The number of carbonyl (C=O) groups excluding carboxylic acids is 1. The second-order valence-electron chi connectivity index (χ2n) is 3.86. The van der Waals surface area contributed by atoms with Crippen LogP contribution in [0.3, 0.4) is 0 Å². The van der Waals surface area contributed by atoms with Crippen molar-refractivity contribution in [3.8, 4) is 10.6 Å². The van der Waals surface area contributed by atoms with Crippen molar-refractivity contribution in [3.05, 3.63) is 23.1 Å². The van der Waals surface area contributed by atoms with Crippen LogP contribution in [0.4, 0.5) is 5.82 Å². The van der Waals surface area contributed by atoms with E-state index in [1.807, 2.05) is 19.1 Å². The van der Waals surface area contributed by atoms with Crippen molar-refractivity contribution in [2.75, 3.05) is 5.32 Å². The van der Waals surface area contributed by atoms with Crippen LogP contribution in [0, 0.1) is 6.92 Å². The Balaban J connectivity index is 2.14. The van der Waals surface area contributed by atoms with Crippen LogP contribution >= 0.6 is 11.3 Å². The monoisotopic (exact) mass is 250 g/mol. The molecule has 1 amide bonds. The number of amides is 1. The Morgan fingerprint density at radius 1 is 1.59 bits per heavy atom. The van der Waals surface area contributed by atoms with Crippen LogP contribution in [0.2, 0.25) is 0 Å². The molecule has 4 N–H and O–H groups in total. The quantitative estimate of drug-likeness (QED) is 0.775. The van der Waals surface area contributed by atoms with Crippen molar-refractivity contribution < 1.29 is 4.79 Å². The fourth-order valence-corrected chi connectivity index (χ4v) is 2.16. The van der Waals surface area contributed by atoms with E-state index in [9.17, 15) is 4.79 Å². The topological polar surface area (TPSA) is 83.8 Å². The van der Waals surface area contributed by atoms with Crippen molar-refractivity contribution >= 4 is 23.1 Å². The molecule has 0 bridgehead atoms. The van der Waals surface area contributed by atoms with E-state index in [1.54, 1.807) is 24.3 Å². The molecule has 90 valence electrons. The van der Waals surface area contributed by atoms with Crippen LogP contribution in [-0.4, -0.2) is 22.1 Å². The average Bonchev–Trinajstić information content (AvgIpc) is 2.86. The maximum atomic E-state index is 11.4. The largest absolute Gasteiger partial charge is 0.320 e. The lowest BCUT2D eigenvalue weighted by Gasteiger charge is -2.03. The molecule has 5 nitrogen and oxygen atoms in total. The fraction of sp³-hybridized carbons (Fsp3) is 0.273. The summed E-state index contributed by atoms with van der Waals surface area (Å²) in [5, 5.41) is 9.54. The van der Waals surface area contributed by atoms with Gasteiger partial charge in [0.2, 0.25) is 5.91 Å². The number of hydrogen-bond donors (Lipinski definition) is 3. The maximum Gasteiger partial charge on any atom is 0.242 e. The number of nitrogens with two attached hydrogens (primary N) is 1. The summed E-state index contributed by atoms with van der Waals surface area (Å²) in [6.07, 6.45) is 0. The molecule has 6 heteroatoms. The first-order chi connectivity index (χ1) is 8.06. The summed E-state index contributed by atoms with van der Waals surface area (Å²) in [5.74, 6) is 0.249. The molecule has 1 atom stereocenters. The molecule has 0 saturated heterocycles. The Labute approximate surface area is 103 Å². The van der Waals surface area contributed by atoms with Crippen molar-refractivity contribution in [1.82, 2.24) is 10.2 Å². The van der Waals surface area contributed by atoms with Gasteiger partial charge in [0.15, 0.2) is 5.82 Å². The van der Waals surface area contributed by atoms with Crippen LogP contribution in [0.15, 0.2) is 18.2 Å². The van der Waals surface area contributed by atoms with Gasteiger partial charge in [-0.3, -0.25) is 9.89 Å². The number of nitrogens with one attached hydrogen (secondary N) is 2. The molecule has 1 unspecified atom stereocenters. The number of anilines is 1. The van der Waals surface area contributed by atoms with Gasteiger partial charge in [-0.15, -0.1) is 11.3 Å². The van der Waals surface area contributed by atoms with Gasteiger partial charge in [-0.05, 0) is 26.0 Å². The van der Waals surface area contributed by atoms with Gasteiger partial charge in [0.25, 0.3) is 0 Å². The van der Waals surface area contributed by atoms with E-state index in [-0.39, 0.29) is 5.91 Å². The van der Waals surface area contributed by atoms with E-state index < -0.39 is 6.04 Å². The number of aromatic nitrogens is 2. The van der Waals surface area contributed by atoms with Crippen molar-refractivity contribution in [3.63, 3.8) is 0 Å². The smallest absolute Gasteiger partial charge is 0.242 e. The van der Waals surface area contributed by atoms with Crippen LogP contribution < -0.4 is 11.1 Å². The SMILES string of the molecule is Cc1ccc(-c2cc(NC(=O)C(C)N)n[nH]2)s1. The summed E-state index contributed by atoms with van der Waals surface area (Å²) >= 11 is 1.67. The minimum Gasteiger partial charge on any atom is -0.320 e. The molecule has 0 aliphatic carbocycles. The molecule has 2 aromatic rings. The first kappa shape index (κ1) is 11.8. The summed E-state index contributed by atoms with van der Waals surface area (Å²) in [6.45, 7) is 3.68. The van der Waals surface area contributed by atoms with Gasteiger partial charge in [0.1, 0.15) is 0 Å². The van der Waals surface area contributed by atoms with Gasteiger partial charge in [0, 0.05) is 10.9 Å². The normalized spacial score (nSPS) is 12.4. The van der Waals surface area contributed by atoms with Crippen LogP contribution in [0.5, 0.6) is 0 Å². The zero-order chi connectivity index (χ0) is 12.4. The first-order valence-electron chi connectivity index (χ1n) is 5.25. The Bertz CT molecular complexity index is 529. The third kappa shape index (κ3) is 2.72. The minimum atomic E-state index is -0.542. The second kappa shape index (κ2) is 4.68. The highest BCUT2D eigenvalue weighted by Gasteiger charge is 2.11. The first-order valence-corrected chi connectivity index (χ1v) is 6.06. The lowest BCUT2D eigenvalue weighted by molar-refractivity contribution is -0.117. The van der Waals surface area contributed by atoms with Crippen LogP contribution in [-0.2, 0) is 4.79 Å². The van der Waals surface area contributed by atoms with Crippen molar-refractivity contribution in [1.29, 1.82) is 0 Å². The summed E-state index contributed by atoms with van der Waals surface area (Å²) in [6, 6.07) is 5.32. The molecule has 0 radical (unpaired) electrons. The predicted molar refractivity (Wildman–Crippen MR) is 68.9 cm³/mol. The highest BCUT2D eigenvalue weighted by atomic mass is 32.1. The number of thiophene rings is 1. The van der Waals surface area contributed by atoms with Crippen molar-refractivity contribution in [2.45, 2.75) is 19.9 Å². The van der Waals surface area contributed by atoms with Gasteiger partial charge in [-0.2, -0.15) is 5.10 Å². The summed E-state index contributed by atoms with van der Waals surface area (Å²) in [7, 11) is 0. The molecular formula is C11H14N4OS. The van der Waals surface area contributed by atoms with E-state index in [1.165, 1.54) is 4.88 Å². The zero-order valence-electron chi connectivity index (χ0n) is 9.65. The van der Waals surface area contributed by atoms with Gasteiger partial charge >= 0.3 is 0 Å². The highest BCUT2D eigenvalue weighted by molar-refractivity contribution is 7.15. The molecule has 0 fully saturated rings. The average molecular weight is 250 g/mol. The molecule has 0 spiro atoms. The van der Waals surface area contributed by atoms with Crippen LogP contribution in [0.25, 0.3) is 10.6 Å². The fourth-order valence-electron chi connectivity index (χ4n) is 1.33. The lowest BCUT2D eigenvalue weighted by atomic mass is 10.3. The predicted octanol–water partition coefficient (Wildman–Crippen LogP) is 1.73. The molecular weight excluding hydrogens is 236 g/mol. The van der Waals surface area contributed by atoms with E-state index in [2.05, 4.69) is 15.5 Å². The number of carbonyl (C=O) groups is 1. The number of rotatable bonds is 3. The minimum absolute atomic E-state index is 0.245. The highest BCUT2D eigenvalue weighted by Crippen LogP contribution is 2.27. The third-order valence-electron chi connectivity index (χ3n) is 2.25. The van der Waals surface area contributed by atoms with E-state index in [0.29, 0.717) is 5.82 Å². The number of hydrogen-bond acceptors (Lipinski definition) is 4. The third-order valence-corrected chi connectivity index (χ3v) is 3.28. The molecule has 17 heavy (non-hydrogen) atoms. The lowest BCUT2D eigenvalue weighted by Crippen LogP contribution is -2.32. The second-order valence-corrected chi connectivity index (χ2v) is 5.14. The van der Waals surface area contributed by atoms with Crippen LogP contribution in [0.1, 0.15) is 11.8 Å². The van der Waals surface area contributed by atoms with Gasteiger partial charge in [0.05, 0.1) is 16.6 Å². The molecule has 0 aromatic carbocycles. The number of nitrogens with zero attached hydrogens (tertiary/aromatic N) is 1. The standard InChI is InChI=1S/C11H14N4OS/c1-6-3-4-9(17-6)8-5-10(15-14-8)13-11(16)7(2)12/h3-5,7H,12H2,1-2H3,(H2,13,14,15,16). The van der Waals surface area contributed by atoms with Gasteiger partial charge < -0.3 is 11.1 Å². The van der Waals surface area contributed by atoms with E-state index >= 15 is 0 Å². The van der Waals surface area contributed by atoms with E-state index in [0.717, 1.165) is 10.6 Å². The Hall–Kier alpha value is -1.66. The summed E-state index contributed by atoms with van der Waals surface area (Å²) in [4.78, 5) is 13.7. The van der Waals surface area contributed by atoms with Gasteiger partial charge in [-0.1, -0.05) is 0 Å². The number of aryl methyl sites for hydroxylation is 1. The summed E-state index contributed by atoms with van der Waals surface area (Å²) in [5.41, 5.74) is 6.35. The molecule has 0 saturated carbocycles. The Morgan fingerprint density at radius 2 is 2.35 bits per heavy atom. The molecule has 2 heterocycles. The summed E-state index contributed by atoms with van der Waals surface area (Å²) < 4.78 is 0. The molecule has 0 aliphatic rings. The maximum absolute atomic E-state index is 11.4. The Kier molecular flexibility index (Phi) is 3.26.